The van der Waals surface area contributed by atoms with Gasteiger partial charge in [-0.15, -0.1) is 0 Å². The number of pyridine rings is 1. The molecule has 0 aliphatic carbocycles. The summed E-state index contributed by atoms with van der Waals surface area (Å²) in [6, 6.07) is 15.1. The molecule has 1 aliphatic heterocycles. The molecule has 1 fully saturated rings. The number of hydrogen-bond acceptors (Lipinski definition) is 6. The van der Waals surface area contributed by atoms with Crippen LogP contribution in [-0.2, 0) is 20.9 Å². The number of nitrogens with zero attached hydrogens (tertiary/aromatic N) is 2. The molecule has 0 unspecified atom stereocenters. The lowest BCUT2D eigenvalue weighted by atomic mass is 9.85. The molecule has 0 radical (unpaired) electrons. The normalized spacial score (nSPS) is 17.9. The van der Waals surface area contributed by atoms with E-state index < -0.39 is 30.0 Å². The minimum atomic E-state index is -5.20. The number of ether oxygens (including phenoxy) is 2. The van der Waals surface area contributed by atoms with Crippen molar-refractivity contribution in [3.05, 3.63) is 65.9 Å². The molecule has 196 valence electrons. The van der Waals surface area contributed by atoms with Crippen LogP contribution in [-0.4, -0.2) is 46.9 Å². The van der Waals surface area contributed by atoms with E-state index in [0.717, 1.165) is 22.2 Å². The number of hydrogen-bond donors (Lipinski definition) is 2. The molecule has 2 aromatic carbocycles. The first kappa shape index (κ1) is 26.4. The van der Waals surface area contributed by atoms with Gasteiger partial charge in [-0.25, -0.2) is 5.48 Å². The van der Waals surface area contributed by atoms with Crippen molar-refractivity contribution in [1.29, 1.82) is 0 Å². The number of alkyl halides is 3. The van der Waals surface area contributed by atoms with Crippen LogP contribution in [0.5, 0.6) is 5.75 Å². The molecule has 1 aliphatic rings. The van der Waals surface area contributed by atoms with Crippen LogP contribution in [0.3, 0.4) is 0 Å². The van der Waals surface area contributed by atoms with Crippen molar-refractivity contribution in [3.63, 3.8) is 0 Å². The van der Waals surface area contributed by atoms with E-state index in [2.05, 4.69) is 4.98 Å². The van der Waals surface area contributed by atoms with E-state index in [9.17, 15) is 22.8 Å². The van der Waals surface area contributed by atoms with Gasteiger partial charge in [0.1, 0.15) is 12.4 Å². The number of carbonyl (C=O) groups excluding carboxylic acids is 2. The fourth-order valence-electron chi connectivity index (χ4n) is 4.67. The van der Waals surface area contributed by atoms with Gasteiger partial charge >= 0.3 is 12.1 Å². The second-order valence-electron chi connectivity index (χ2n) is 8.95. The highest BCUT2D eigenvalue weighted by molar-refractivity contribution is 5.99. The number of para-hydroxylation sites is 1. The summed E-state index contributed by atoms with van der Waals surface area (Å²) >= 11 is 0. The van der Waals surface area contributed by atoms with Gasteiger partial charge in [0.2, 0.25) is 5.91 Å². The number of benzene rings is 2. The topological polar surface area (TPSA) is 101 Å². The van der Waals surface area contributed by atoms with Crippen molar-refractivity contribution in [2.75, 3.05) is 18.1 Å². The lowest BCUT2D eigenvalue weighted by Crippen LogP contribution is -2.61. The molecular weight excluding hydrogens is 491 g/mol. The maximum absolute atomic E-state index is 13.7. The van der Waals surface area contributed by atoms with Gasteiger partial charge in [-0.2, -0.15) is 13.2 Å². The Hall–Kier alpha value is -3.70. The number of aryl methyl sites for hydroxylation is 1. The number of amides is 2. The van der Waals surface area contributed by atoms with E-state index in [0.29, 0.717) is 17.1 Å². The van der Waals surface area contributed by atoms with Crippen molar-refractivity contribution in [3.8, 4) is 5.75 Å². The molecule has 1 atom stereocenters. The quantitative estimate of drug-likeness (QED) is 0.355. The van der Waals surface area contributed by atoms with Gasteiger partial charge in [0.25, 0.3) is 0 Å². The van der Waals surface area contributed by atoms with Crippen molar-refractivity contribution < 1.29 is 37.4 Å². The van der Waals surface area contributed by atoms with Gasteiger partial charge in [0.15, 0.2) is 0 Å². The molecule has 4 rings (SSSR count). The zero-order valence-electron chi connectivity index (χ0n) is 20.0. The molecule has 2 amide bonds. The molecule has 1 aromatic heterocycles. The summed E-state index contributed by atoms with van der Waals surface area (Å²) in [5, 5.41) is 9.94. The number of hydroxylamine groups is 1. The van der Waals surface area contributed by atoms with Gasteiger partial charge in [0, 0.05) is 28.9 Å². The summed E-state index contributed by atoms with van der Waals surface area (Å²) in [4.78, 5) is 29.7. The van der Waals surface area contributed by atoms with E-state index in [1.54, 1.807) is 0 Å². The standard InChI is InChI=1S/C26H26F3N3O5/c1-17-13-18(21-5-2-3-6-22(21)30-17)15-37-20-9-7-19(8-10-20)32(24(34)26(27,28)29)25(14-23(33)31-35)11-4-12-36-16-25/h2-3,5-10,13,35H,4,11-12,14-16H2,1H3,(H,31,33)/t25-/m1/s1. The molecule has 8 nitrogen and oxygen atoms in total. The van der Waals surface area contributed by atoms with Crippen LogP contribution in [0.25, 0.3) is 10.9 Å². The molecule has 0 bridgehead atoms. The molecule has 37 heavy (non-hydrogen) atoms. The monoisotopic (exact) mass is 517 g/mol. The molecular formula is C26H26F3N3O5. The third kappa shape index (κ3) is 5.83. The Morgan fingerprint density at radius 2 is 1.92 bits per heavy atom. The van der Waals surface area contributed by atoms with Gasteiger partial charge < -0.3 is 9.47 Å². The predicted octanol–water partition coefficient (Wildman–Crippen LogP) is 4.46. The van der Waals surface area contributed by atoms with Crippen LogP contribution in [0.15, 0.2) is 54.6 Å². The van der Waals surface area contributed by atoms with Crippen LogP contribution >= 0.6 is 0 Å². The first-order valence-electron chi connectivity index (χ1n) is 11.6. The Balaban J connectivity index is 1.63. The Morgan fingerprint density at radius 1 is 1.19 bits per heavy atom. The number of halogens is 3. The lowest BCUT2D eigenvalue weighted by Gasteiger charge is -2.45. The summed E-state index contributed by atoms with van der Waals surface area (Å²) in [5.41, 5.74) is 2.28. The van der Waals surface area contributed by atoms with Crippen molar-refractivity contribution >= 4 is 28.4 Å². The summed E-state index contributed by atoms with van der Waals surface area (Å²) in [6.45, 7) is 2.06. The molecule has 0 saturated carbocycles. The lowest BCUT2D eigenvalue weighted by molar-refractivity contribution is -0.173. The Labute approximate surface area is 211 Å². The van der Waals surface area contributed by atoms with Crippen LogP contribution in [0.1, 0.15) is 30.5 Å². The number of carbonyl (C=O) groups is 2. The molecule has 3 aromatic rings. The SMILES string of the molecule is Cc1cc(COc2ccc(N(C(=O)C(F)(F)F)[C@@]3(CC(=O)NO)CCCOC3)cc2)c2ccccc2n1. The van der Waals surface area contributed by atoms with Crippen LogP contribution in [0.4, 0.5) is 18.9 Å². The smallest absolute Gasteiger partial charge is 0.471 e. The van der Waals surface area contributed by atoms with Crippen molar-refractivity contribution in [2.45, 2.75) is 44.5 Å². The van der Waals surface area contributed by atoms with Crippen LogP contribution < -0.4 is 15.1 Å². The summed E-state index contributed by atoms with van der Waals surface area (Å²) in [5.74, 6) is -2.68. The van der Waals surface area contributed by atoms with E-state index in [-0.39, 0.29) is 31.9 Å². The molecule has 1 saturated heterocycles. The van der Waals surface area contributed by atoms with E-state index >= 15 is 0 Å². The van der Waals surface area contributed by atoms with E-state index in [1.165, 1.54) is 29.7 Å². The van der Waals surface area contributed by atoms with Gasteiger partial charge in [0.05, 0.1) is 24.1 Å². The zero-order valence-corrected chi connectivity index (χ0v) is 20.0. The minimum Gasteiger partial charge on any atom is -0.489 e. The van der Waals surface area contributed by atoms with Crippen LogP contribution in [0.2, 0.25) is 0 Å². The van der Waals surface area contributed by atoms with Gasteiger partial charge in [-0.05, 0) is 56.2 Å². The second-order valence-corrected chi connectivity index (χ2v) is 8.95. The molecule has 2 heterocycles. The Morgan fingerprint density at radius 3 is 2.57 bits per heavy atom. The zero-order chi connectivity index (χ0) is 26.6. The Bertz CT molecular complexity index is 1270. The third-order valence-corrected chi connectivity index (χ3v) is 6.25. The summed E-state index contributed by atoms with van der Waals surface area (Å²) < 4.78 is 52.3. The second kappa shape index (κ2) is 10.7. The number of aromatic nitrogens is 1. The average Bonchev–Trinajstić information content (AvgIpc) is 2.88. The number of nitrogens with one attached hydrogen (secondary N) is 1. The first-order valence-corrected chi connectivity index (χ1v) is 11.6. The maximum Gasteiger partial charge on any atom is 0.471 e. The van der Waals surface area contributed by atoms with E-state index in [1.807, 2.05) is 37.3 Å². The van der Waals surface area contributed by atoms with Gasteiger partial charge in [-0.1, -0.05) is 18.2 Å². The summed E-state index contributed by atoms with van der Waals surface area (Å²) in [6.07, 6.45) is -5.36. The third-order valence-electron chi connectivity index (χ3n) is 6.25. The van der Waals surface area contributed by atoms with Crippen LogP contribution in [0, 0.1) is 6.92 Å². The van der Waals surface area contributed by atoms with E-state index in [4.69, 9.17) is 14.7 Å². The van der Waals surface area contributed by atoms with Gasteiger partial charge in [-0.3, -0.25) is 24.7 Å². The summed E-state index contributed by atoms with van der Waals surface area (Å²) in [7, 11) is 0. The number of rotatable bonds is 7. The highest BCUT2D eigenvalue weighted by Crippen LogP contribution is 2.38. The fraction of sp³-hybridized carbons (Fsp3) is 0.346. The predicted molar refractivity (Wildman–Crippen MR) is 128 cm³/mol. The Kier molecular flexibility index (Phi) is 7.65. The van der Waals surface area contributed by atoms with Crippen molar-refractivity contribution in [2.24, 2.45) is 0 Å². The molecule has 11 heteroatoms. The fourth-order valence-corrected chi connectivity index (χ4v) is 4.67. The maximum atomic E-state index is 13.7. The minimum absolute atomic E-state index is 0.0730. The first-order chi connectivity index (χ1) is 17.6. The largest absolute Gasteiger partial charge is 0.489 e. The number of anilines is 1. The highest BCUT2D eigenvalue weighted by Gasteiger charge is 2.52. The average molecular weight is 518 g/mol. The molecule has 2 N–H and O–H groups in total. The van der Waals surface area contributed by atoms with Crippen molar-refractivity contribution in [1.82, 2.24) is 10.5 Å². The number of fused-ring (bicyclic) bond motifs is 1. The highest BCUT2D eigenvalue weighted by atomic mass is 19.4. The molecule has 0 spiro atoms.